The van der Waals surface area contributed by atoms with E-state index >= 15 is 0 Å². The third kappa shape index (κ3) is 2.63. The highest BCUT2D eigenvalue weighted by atomic mass is 32.2. The average molecular weight is 297 g/mol. The van der Waals surface area contributed by atoms with Crippen molar-refractivity contribution in [2.75, 3.05) is 16.2 Å². The van der Waals surface area contributed by atoms with Gasteiger partial charge in [0.15, 0.2) is 5.17 Å². The van der Waals surface area contributed by atoms with Crippen molar-refractivity contribution in [3.63, 3.8) is 0 Å². The molecule has 108 valence electrons. The van der Waals surface area contributed by atoms with Gasteiger partial charge in [-0.3, -0.25) is 4.90 Å². The average Bonchev–Trinajstić information content (AvgIpc) is 2.95. The normalized spacial score (nSPS) is 18.0. The van der Waals surface area contributed by atoms with Gasteiger partial charge in [0.05, 0.1) is 5.69 Å². The van der Waals surface area contributed by atoms with Crippen LogP contribution in [-0.2, 0) is 0 Å². The molecular formula is C17H19N3S. The van der Waals surface area contributed by atoms with E-state index in [-0.39, 0.29) is 6.17 Å². The van der Waals surface area contributed by atoms with Crippen molar-refractivity contribution in [1.82, 2.24) is 0 Å². The molecule has 4 heteroatoms. The second kappa shape index (κ2) is 6.22. The first-order valence-corrected chi connectivity index (χ1v) is 8.38. The molecule has 2 aromatic carbocycles. The van der Waals surface area contributed by atoms with Crippen LogP contribution in [0.2, 0.25) is 0 Å². The summed E-state index contributed by atoms with van der Waals surface area (Å²) >= 11 is 1.69. The van der Waals surface area contributed by atoms with Gasteiger partial charge in [-0.25, -0.2) is 5.01 Å². The quantitative estimate of drug-likeness (QED) is 0.837. The lowest BCUT2D eigenvalue weighted by Gasteiger charge is -2.30. The van der Waals surface area contributed by atoms with Gasteiger partial charge in [0.25, 0.3) is 0 Å². The Labute approximate surface area is 130 Å². The summed E-state index contributed by atoms with van der Waals surface area (Å²) in [4.78, 5) is 2.32. The second-order valence-corrected chi connectivity index (χ2v) is 5.63. The number of benzene rings is 2. The summed E-state index contributed by atoms with van der Waals surface area (Å²) in [6.45, 7) is 2.20. The lowest BCUT2D eigenvalue weighted by molar-refractivity contribution is 0.637. The molecule has 0 aromatic heterocycles. The molecule has 1 atom stereocenters. The summed E-state index contributed by atoms with van der Waals surface area (Å²) in [7, 11) is 0. The molecule has 3 rings (SSSR count). The molecule has 0 N–H and O–H groups in total. The summed E-state index contributed by atoms with van der Waals surface area (Å²) < 4.78 is 0. The Morgan fingerprint density at radius 2 is 1.52 bits per heavy atom. The highest BCUT2D eigenvalue weighted by Crippen LogP contribution is 2.33. The molecule has 0 saturated carbocycles. The Kier molecular flexibility index (Phi) is 4.15. The number of hydrogen-bond acceptors (Lipinski definition) is 4. The van der Waals surface area contributed by atoms with E-state index in [2.05, 4.69) is 71.6 Å². The maximum atomic E-state index is 4.83. The van der Waals surface area contributed by atoms with E-state index in [1.165, 1.54) is 5.69 Å². The van der Waals surface area contributed by atoms with E-state index in [9.17, 15) is 0 Å². The van der Waals surface area contributed by atoms with Crippen LogP contribution in [0.25, 0.3) is 0 Å². The largest absolute Gasteiger partial charge is 0.297 e. The highest BCUT2D eigenvalue weighted by molar-refractivity contribution is 8.13. The van der Waals surface area contributed by atoms with Gasteiger partial charge in [0.2, 0.25) is 0 Å². The Balaban J connectivity index is 2.00. The molecule has 1 aliphatic heterocycles. The Hall–Kier alpha value is -1.94. The minimum Gasteiger partial charge on any atom is -0.297 e. The van der Waals surface area contributed by atoms with Crippen LogP contribution in [0.15, 0.2) is 65.8 Å². The topological polar surface area (TPSA) is 18.8 Å². The summed E-state index contributed by atoms with van der Waals surface area (Å²) in [6, 6.07) is 20.8. The van der Waals surface area contributed by atoms with E-state index in [1.54, 1.807) is 11.8 Å². The molecule has 0 amide bonds. The van der Waals surface area contributed by atoms with Gasteiger partial charge in [0.1, 0.15) is 6.17 Å². The van der Waals surface area contributed by atoms with Crippen LogP contribution in [0.1, 0.15) is 13.3 Å². The second-order valence-electron chi connectivity index (χ2n) is 4.86. The first-order valence-electron chi connectivity index (χ1n) is 7.16. The van der Waals surface area contributed by atoms with Crippen LogP contribution in [0.4, 0.5) is 11.4 Å². The minimum absolute atomic E-state index is 0.220. The monoisotopic (exact) mass is 297 g/mol. The van der Waals surface area contributed by atoms with E-state index in [4.69, 9.17) is 5.10 Å². The first kappa shape index (κ1) is 14.0. The van der Waals surface area contributed by atoms with Crippen molar-refractivity contribution in [2.24, 2.45) is 5.10 Å². The van der Waals surface area contributed by atoms with Gasteiger partial charge in [-0.05, 0) is 36.9 Å². The third-order valence-electron chi connectivity index (χ3n) is 3.58. The molecule has 0 saturated heterocycles. The number of anilines is 2. The summed E-state index contributed by atoms with van der Waals surface area (Å²) in [5, 5.41) is 7.99. The molecule has 1 unspecified atom stereocenters. The standard InChI is InChI=1S/C17H19N3S/c1-3-16-19(14-10-6-4-7-11-14)17(21-2)18-20(16)15-12-8-5-9-13-15/h4-13,16H,3H2,1-2H3. The number of para-hydroxylation sites is 2. The van der Waals surface area contributed by atoms with Crippen molar-refractivity contribution in [3.05, 3.63) is 60.7 Å². The molecule has 3 nitrogen and oxygen atoms in total. The van der Waals surface area contributed by atoms with Gasteiger partial charge in [-0.2, -0.15) is 0 Å². The summed E-state index contributed by atoms with van der Waals surface area (Å²) in [5.41, 5.74) is 2.32. The van der Waals surface area contributed by atoms with Crippen LogP contribution < -0.4 is 9.91 Å². The molecule has 0 fully saturated rings. The number of hydrazone groups is 1. The SMILES string of the molecule is CCC1N(c2ccccc2)N=C(SC)N1c1ccccc1. The maximum Gasteiger partial charge on any atom is 0.189 e. The van der Waals surface area contributed by atoms with E-state index < -0.39 is 0 Å². The zero-order valence-corrected chi connectivity index (χ0v) is 13.1. The number of rotatable bonds is 3. The molecule has 21 heavy (non-hydrogen) atoms. The highest BCUT2D eigenvalue weighted by Gasteiger charge is 2.34. The molecule has 0 aliphatic carbocycles. The fourth-order valence-electron chi connectivity index (χ4n) is 2.62. The van der Waals surface area contributed by atoms with Crippen molar-refractivity contribution in [1.29, 1.82) is 0 Å². The number of amidine groups is 1. The zero-order chi connectivity index (χ0) is 14.7. The molecular weight excluding hydrogens is 278 g/mol. The van der Waals surface area contributed by atoms with E-state index in [0.717, 1.165) is 17.3 Å². The number of nitrogens with zero attached hydrogens (tertiary/aromatic N) is 3. The fourth-order valence-corrected chi connectivity index (χ4v) is 3.21. The first-order chi connectivity index (χ1) is 10.3. The van der Waals surface area contributed by atoms with Crippen molar-refractivity contribution >= 4 is 28.3 Å². The minimum atomic E-state index is 0.220. The fraction of sp³-hybridized carbons (Fsp3) is 0.235. The van der Waals surface area contributed by atoms with Crippen LogP contribution in [0, 0.1) is 0 Å². The van der Waals surface area contributed by atoms with Crippen molar-refractivity contribution in [3.8, 4) is 0 Å². The Morgan fingerprint density at radius 1 is 0.952 bits per heavy atom. The predicted octanol–water partition coefficient (Wildman–Crippen LogP) is 4.38. The number of thioether (sulfide) groups is 1. The molecule has 1 heterocycles. The van der Waals surface area contributed by atoms with Crippen LogP contribution in [0.5, 0.6) is 0 Å². The number of hydrogen-bond donors (Lipinski definition) is 0. The van der Waals surface area contributed by atoms with Crippen LogP contribution in [0.3, 0.4) is 0 Å². The zero-order valence-electron chi connectivity index (χ0n) is 12.3. The maximum absolute atomic E-state index is 4.83. The summed E-state index contributed by atoms with van der Waals surface area (Å²) in [5.74, 6) is 0. The van der Waals surface area contributed by atoms with Gasteiger partial charge in [0, 0.05) is 5.69 Å². The molecule has 0 spiro atoms. The van der Waals surface area contributed by atoms with Crippen LogP contribution >= 0.6 is 11.8 Å². The van der Waals surface area contributed by atoms with E-state index in [1.807, 2.05) is 12.1 Å². The molecule has 1 aliphatic rings. The van der Waals surface area contributed by atoms with Gasteiger partial charge in [-0.15, -0.1) is 5.10 Å². The molecule has 2 aromatic rings. The van der Waals surface area contributed by atoms with Gasteiger partial charge >= 0.3 is 0 Å². The van der Waals surface area contributed by atoms with Crippen molar-refractivity contribution < 1.29 is 0 Å². The molecule has 0 bridgehead atoms. The lowest BCUT2D eigenvalue weighted by atomic mass is 10.2. The third-order valence-corrected chi connectivity index (χ3v) is 4.23. The van der Waals surface area contributed by atoms with Crippen LogP contribution in [-0.4, -0.2) is 17.6 Å². The van der Waals surface area contributed by atoms with E-state index in [0.29, 0.717) is 0 Å². The Morgan fingerprint density at radius 3 is 2.05 bits per heavy atom. The lowest BCUT2D eigenvalue weighted by Crippen LogP contribution is -2.41. The van der Waals surface area contributed by atoms with Crippen molar-refractivity contribution in [2.45, 2.75) is 19.5 Å². The molecule has 0 radical (unpaired) electrons. The smallest absolute Gasteiger partial charge is 0.189 e. The van der Waals surface area contributed by atoms with Gasteiger partial charge in [-0.1, -0.05) is 55.1 Å². The predicted molar refractivity (Wildman–Crippen MR) is 92.9 cm³/mol. The Bertz CT molecular complexity index is 612. The van der Waals surface area contributed by atoms with Gasteiger partial charge < -0.3 is 0 Å². The summed E-state index contributed by atoms with van der Waals surface area (Å²) in [6.07, 6.45) is 3.30.